The van der Waals surface area contributed by atoms with Crippen LogP contribution in [0.15, 0.2) is 12.4 Å². The number of nitrogens with zero attached hydrogens (tertiary/aromatic N) is 7. The van der Waals surface area contributed by atoms with Crippen LogP contribution >= 0.6 is 0 Å². The Morgan fingerprint density at radius 2 is 1.65 bits per heavy atom. The van der Waals surface area contributed by atoms with Crippen molar-refractivity contribution in [3.8, 4) is 0 Å². The summed E-state index contributed by atoms with van der Waals surface area (Å²) in [6.07, 6.45) is 6.40. The Balaban J connectivity index is 1.30. The fraction of sp³-hybridized carbons (Fsp3) is 0.688. The van der Waals surface area contributed by atoms with Crippen LogP contribution in [-0.2, 0) is 27.2 Å². The molecule has 0 unspecified atom stereocenters. The molecule has 1 saturated carbocycles. The van der Waals surface area contributed by atoms with Gasteiger partial charge in [0, 0.05) is 58.6 Å². The van der Waals surface area contributed by atoms with E-state index in [4.69, 9.17) is 4.98 Å². The van der Waals surface area contributed by atoms with Gasteiger partial charge < -0.3 is 4.57 Å². The maximum Gasteiger partial charge on any atom is 0.154 e. The van der Waals surface area contributed by atoms with E-state index in [1.165, 1.54) is 12.8 Å². The summed E-state index contributed by atoms with van der Waals surface area (Å²) in [7, 11) is 4.08. The Hall–Kier alpha value is -1.73. The molecule has 0 N–H and O–H groups in total. The van der Waals surface area contributed by atoms with Crippen molar-refractivity contribution in [2.24, 2.45) is 14.1 Å². The fourth-order valence-electron chi connectivity index (χ4n) is 3.14. The summed E-state index contributed by atoms with van der Waals surface area (Å²) in [6.45, 7) is 6.17. The van der Waals surface area contributed by atoms with E-state index in [2.05, 4.69) is 31.5 Å². The van der Waals surface area contributed by atoms with Gasteiger partial charge >= 0.3 is 0 Å². The minimum absolute atomic E-state index is 0.629. The van der Waals surface area contributed by atoms with E-state index >= 15 is 0 Å². The third-order valence-corrected chi connectivity index (χ3v) is 4.93. The van der Waals surface area contributed by atoms with Crippen molar-refractivity contribution >= 4 is 0 Å². The molecule has 2 aromatic rings. The molecular weight excluding hydrogens is 290 g/mol. The van der Waals surface area contributed by atoms with Gasteiger partial charge in [-0.25, -0.2) is 9.97 Å². The highest BCUT2D eigenvalue weighted by Gasteiger charge is 2.29. The maximum atomic E-state index is 4.74. The van der Waals surface area contributed by atoms with E-state index in [9.17, 15) is 0 Å². The molecule has 3 heterocycles. The SMILES string of the molecule is Cn1ccnc1CN1CCN(Cc2nc(C3CC3)nn2C)CC1. The number of imidazole rings is 1. The molecule has 0 spiro atoms. The van der Waals surface area contributed by atoms with Crippen LogP contribution in [0.1, 0.15) is 36.2 Å². The van der Waals surface area contributed by atoms with Gasteiger partial charge in [0.2, 0.25) is 0 Å². The third-order valence-electron chi connectivity index (χ3n) is 4.93. The highest BCUT2D eigenvalue weighted by molar-refractivity contribution is 5.06. The van der Waals surface area contributed by atoms with Crippen LogP contribution in [0.3, 0.4) is 0 Å². The summed E-state index contributed by atoms with van der Waals surface area (Å²) in [4.78, 5) is 14.1. The summed E-state index contributed by atoms with van der Waals surface area (Å²) < 4.78 is 4.07. The van der Waals surface area contributed by atoms with Gasteiger partial charge in [0.25, 0.3) is 0 Å². The number of hydrogen-bond donors (Lipinski definition) is 0. The van der Waals surface area contributed by atoms with Gasteiger partial charge in [-0.1, -0.05) is 0 Å². The molecule has 0 bridgehead atoms. The van der Waals surface area contributed by atoms with Gasteiger partial charge in [0.15, 0.2) is 5.82 Å². The second kappa shape index (κ2) is 6.05. The van der Waals surface area contributed by atoms with Crippen LogP contribution in [-0.4, -0.2) is 60.3 Å². The lowest BCUT2D eigenvalue weighted by Gasteiger charge is -2.34. The van der Waals surface area contributed by atoms with Gasteiger partial charge in [0.1, 0.15) is 11.6 Å². The van der Waals surface area contributed by atoms with Gasteiger partial charge in [-0.05, 0) is 12.8 Å². The maximum absolute atomic E-state index is 4.74. The summed E-state index contributed by atoms with van der Waals surface area (Å²) in [5, 5.41) is 4.57. The molecule has 2 fully saturated rings. The molecule has 7 heteroatoms. The van der Waals surface area contributed by atoms with Crippen LogP contribution in [0.4, 0.5) is 0 Å². The number of rotatable bonds is 5. The molecule has 0 atom stereocenters. The average molecular weight is 315 g/mol. The largest absolute Gasteiger partial charge is 0.337 e. The van der Waals surface area contributed by atoms with E-state index in [1.54, 1.807) is 0 Å². The minimum Gasteiger partial charge on any atom is -0.337 e. The van der Waals surface area contributed by atoms with Crippen molar-refractivity contribution in [3.05, 3.63) is 29.9 Å². The van der Waals surface area contributed by atoms with Crippen LogP contribution in [0.2, 0.25) is 0 Å². The van der Waals surface area contributed by atoms with Crippen molar-refractivity contribution in [3.63, 3.8) is 0 Å². The molecule has 1 saturated heterocycles. The topological polar surface area (TPSA) is 55.0 Å². The van der Waals surface area contributed by atoms with Crippen LogP contribution < -0.4 is 0 Å². The fourth-order valence-corrected chi connectivity index (χ4v) is 3.14. The molecule has 4 rings (SSSR count). The van der Waals surface area contributed by atoms with E-state index in [0.29, 0.717) is 5.92 Å². The molecule has 23 heavy (non-hydrogen) atoms. The zero-order valence-corrected chi connectivity index (χ0v) is 14.0. The van der Waals surface area contributed by atoms with Crippen molar-refractivity contribution in [1.82, 2.24) is 34.1 Å². The first-order valence-electron chi connectivity index (χ1n) is 8.50. The normalized spacial score (nSPS) is 20.3. The van der Waals surface area contributed by atoms with E-state index < -0.39 is 0 Å². The first-order valence-corrected chi connectivity index (χ1v) is 8.50. The number of aryl methyl sites for hydroxylation is 2. The van der Waals surface area contributed by atoms with E-state index in [0.717, 1.165) is 56.7 Å². The lowest BCUT2D eigenvalue weighted by atomic mass is 10.3. The molecule has 0 radical (unpaired) electrons. The second-order valence-electron chi connectivity index (χ2n) is 6.79. The average Bonchev–Trinajstić information content (AvgIpc) is 3.23. The van der Waals surface area contributed by atoms with Gasteiger partial charge in [0.05, 0.1) is 13.1 Å². The smallest absolute Gasteiger partial charge is 0.154 e. The molecule has 2 aromatic heterocycles. The molecule has 7 nitrogen and oxygen atoms in total. The Labute approximate surface area is 136 Å². The van der Waals surface area contributed by atoms with Crippen LogP contribution in [0, 0.1) is 0 Å². The zero-order valence-electron chi connectivity index (χ0n) is 14.0. The van der Waals surface area contributed by atoms with E-state index in [-0.39, 0.29) is 0 Å². The first kappa shape index (κ1) is 14.8. The zero-order chi connectivity index (χ0) is 15.8. The highest BCUT2D eigenvalue weighted by atomic mass is 15.4. The lowest BCUT2D eigenvalue weighted by molar-refractivity contribution is 0.116. The molecule has 1 aliphatic carbocycles. The molecular formula is C16H25N7. The predicted octanol–water partition coefficient (Wildman–Crippen LogP) is 0.744. The second-order valence-corrected chi connectivity index (χ2v) is 6.79. The van der Waals surface area contributed by atoms with Crippen molar-refractivity contribution in [2.45, 2.75) is 31.8 Å². The van der Waals surface area contributed by atoms with Crippen LogP contribution in [0.5, 0.6) is 0 Å². The molecule has 124 valence electrons. The standard InChI is InChI=1S/C16H25N7/c1-20-6-5-17-14(20)11-22-7-9-23(10-8-22)12-15-18-16(13-3-4-13)19-21(15)2/h5-6,13H,3-4,7-12H2,1-2H3. The third kappa shape index (κ3) is 3.30. The van der Waals surface area contributed by atoms with Crippen LogP contribution in [0.25, 0.3) is 0 Å². The van der Waals surface area contributed by atoms with Crippen molar-refractivity contribution in [2.75, 3.05) is 26.2 Å². The highest BCUT2D eigenvalue weighted by Crippen LogP contribution is 2.38. The summed E-state index contributed by atoms with van der Waals surface area (Å²) in [5.41, 5.74) is 0. The molecule has 0 aromatic carbocycles. The number of piperazine rings is 1. The Morgan fingerprint density at radius 1 is 1.00 bits per heavy atom. The van der Waals surface area contributed by atoms with E-state index in [1.807, 2.05) is 24.1 Å². The lowest BCUT2D eigenvalue weighted by Crippen LogP contribution is -2.46. The summed E-state index contributed by atoms with van der Waals surface area (Å²) in [5.74, 6) is 3.92. The Bertz CT molecular complexity index is 662. The van der Waals surface area contributed by atoms with Crippen molar-refractivity contribution < 1.29 is 0 Å². The first-order chi connectivity index (χ1) is 11.2. The number of hydrogen-bond acceptors (Lipinski definition) is 5. The Morgan fingerprint density at radius 3 is 2.22 bits per heavy atom. The quantitative estimate of drug-likeness (QED) is 0.815. The minimum atomic E-state index is 0.629. The monoisotopic (exact) mass is 315 g/mol. The van der Waals surface area contributed by atoms with Gasteiger partial charge in [-0.15, -0.1) is 0 Å². The van der Waals surface area contributed by atoms with Crippen molar-refractivity contribution in [1.29, 1.82) is 0 Å². The van der Waals surface area contributed by atoms with Gasteiger partial charge in [-0.3, -0.25) is 14.5 Å². The summed E-state index contributed by atoms with van der Waals surface area (Å²) >= 11 is 0. The van der Waals surface area contributed by atoms with Gasteiger partial charge in [-0.2, -0.15) is 5.10 Å². The Kier molecular flexibility index (Phi) is 3.90. The molecule has 0 amide bonds. The predicted molar refractivity (Wildman–Crippen MR) is 86.7 cm³/mol. The summed E-state index contributed by atoms with van der Waals surface area (Å²) in [6, 6.07) is 0. The number of aromatic nitrogens is 5. The molecule has 1 aliphatic heterocycles. The molecule has 2 aliphatic rings.